The number of benzene rings is 2. The molecule has 1 N–H and O–H groups in total. The summed E-state index contributed by atoms with van der Waals surface area (Å²) in [6.45, 7) is 4.16. The number of phenols is 1. The lowest BCUT2D eigenvalue weighted by molar-refractivity contribution is 0.466. The van der Waals surface area contributed by atoms with Crippen molar-refractivity contribution in [2.45, 2.75) is 19.8 Å². The molecule has 0 amide bonds. The van der Waals surface area contributed by atoms with E-state index >= 15 is 0 Å². The molecule has 16 heavy (non-hydrogen) atoms. The summed E-state index contributed by atoms with van der Waals surface area (Å²) in [5.41, 5.74) is 3.39. The van der Waals surface area contributed by atoms with E-state index in [1.54, 1.807) is 6.07 Å². The van der Waals surface area contributed by atoms with Crippen molar-refractivity contribution >= 4 is 0 Å². The molecule has 0 aliphatic rings. The molecule has 2 aromatic rings. The van der Waals surface area contributed by atoms with Gasteiger partial charge >= 0.3 is 0 Å². The van der Waals surface area contributed by atoms with Gasteiger partial charge in [0, 0.05) is 11.5 Å². The number of hydrogen-bond acceptors (Lipinski definition) is 1. The third-order valence-electron chi connectivity index (χ3n) is 2.95. The summed E-state index contributed by atoms with van der Waals surface area (Å²) in [5, 5.41) is 9.87. The van der Waals surface area contributed by atoms with Crippen LogP contribution in [0.5, 0.6) is 5.75 Å². The maximum Gasteiger partial charge on any atom is 0.119 e. The Kier molecular flexibility index (Phi) is 2.95. The van der Waals surface area contributed by atoms with Gasteiger partial charge in [-0.05, 0) is 18.6 Å². The Morgan fingerprint density at radius 1 is 1.00 bits per heavy atom. The van der Waals surface area contributed by atoms with Crippen LogP contribution in [0.2, 0.25) is 0 Å². The van der Waals surface area contributed by atoms with Crippen LogP contribution in [-0.2, 0) is 0 Å². The van der Waals surface area contributed by atoms with Gasteiger partial charge in [0.1, 0.15) is 5.75 Å². The standard InChI is InChI=1S/C15H16O/c1-11-8-9-15(16)14(10-11)12(2)13-6-4-3-5-7-13/h3-10,12,16H,1-2H3/t12-/m0/s1. The molecule has 2 rings (SSSR count). The molecule has 0 aliphatic carbocycles. The molecule has 1 nitrogen and oxygen atoms in total. The smallest absolute Gasteiger partial charge is 0.119 e. The molecule has 0 unspecified atom stereocenters. The number of aromatic hydroxyl groups is 1. The van der Waals surface area contributed by atoms with Crippen molar-refractivity contribution in [3.63, 3.8) is 0 Å². The monoisotopic (exact) mass is 212 g/mol. The summed E-state index contributed by atoms with van der Waals surface area (Å²) >= 11 is 0. The van der Waals surface area contributed by atoms with E-state index in [2.05, 4.69) is 19.1 Å². The lowest BCUT2D eigenvalue weighted by atomic mass is 9.91. The number of aryl methyl sites for hydroxylation is 1. The molecule has 0 heterocycles. The predicted molar refractivity (Wildman–Crippen MR) is 66.8 cm³/mol. The molecule has 0 aliphatic heterocycles. The second kappa shape index (κ2) is 4.40. The van der Waals surface area contributed by atoms with E-state index in [1.165, 1.54) is 11.1 Å². The van der Waals surface area contributed by atoms with Crippen LogP contribution in [0, 0.1) is 6.92 Å². The van der Waals surface area contributed by atoms with Gasteiger partial charge in [-0.2, -0.15) is 0 Å². The quantitative estimate of drug-likeness (QED) is 0.801. The molecule has 0 saturated carbocycles. The third kappa shape index (κ3) is 2.08. The molecule has 0 saturated heterocycles. The van der Waals surface area contributed by atoms with E-state index in [9.17, 15) is 5.11 Å². The van der Waals surface area contributed by atoms with Gasteiger partial charge in [-0.15, -0.1) is 0 Å². The van der Waals surface area contributed by atoms with Crippen LogP contribution in [0.15, 0.2) is 48.5 Å². The van der Waals surface area contributed by atoms with Crippen LogP contribution in [0.1, 0.15) is 29.5 Å². The van der Waals surface area contributed by atoms with Crippen LogP contribution >= 0.6 is 0 Å². The summed E-state index contributed by atoms with van der Waals surface area (Å²) in [4.78, 5) is 0. The SMILES string of the molecule is Cc1ccc(O)c([C@@H](C)c2ccccc2)c1. The number of phenolic OH excluding ortho intramolecular Hbond substituents is 1. The zero-order valence-electron chi connectivity index (χ0n) is 9.64. The minimum absolute atomic E-state index is 0.223. The molecular formula is C15H16O. The summed E-state index contributed by atoms with van der Waals surface area (Å²) in [5.74, 6) is 0.600. The normalized spacial score (nSPS) is 12.4. The second-order valence-electron chi connectivity index (χ2n) is 4.19. The molecule has 0 fully saturated rings. The highest BCUT2D eigenvalue weighted by Gasteiger charge is 2.12. The molecule has 2 aromatic carbocycles. The Morgan fingerprint density at radius 3 is 2.38 bits per heavy atom. The van der Waals surface area contributed by atoms with E-state index < -0.39 is 0 Å². The van der Waals surface area contributed by atoms with Crippen LogP contribution in [-0.4, -0.2) is 5.11 Å². The first-order valence-corrected chi connectivity index (χ1v) is 5.53. The maximum atomic E-state index is 9.87. The van der Waals surface area contributed by atoms with Gasteiger partial charge in [0.2, 0.25) is 0 Å². The summed E-state index contributed by atoms with van der Waals surface area (Å²) < 4.78 is 0. The summed E-state index contributed by atoms with van der Waals surface area (Å²) in [6.07, 6.45) is 0. The Balaban J connectivity index is 2.41. The molecule has 0 spiro atoms. The fourth-order valence-corrected chi connectivity index (χ4v) is 1.94. The fourth-order valence-electron chi connectivity index (χ4n) is 1.94. The van der Waals surface area contributed by atoms with E-state index in [0.29, 0.717) is 5.75 Å². The predicted octanol–water partition coefficient (Wildman–Crippen LogP) is 3.85. The molecule has 82 valence electrons. The van der Waals surface area contributed by atoms with Gasteiger partial charge < -0.3 is 5.11 Å². The van der Waals surface area contributed by atoms with Gasteiger partial charge in [0.05, 0.1) is 0 Å². The minimum Gasteiger partial charge on any atom is -0.508 e. The zero-order chi connectivity index (χ0) is 11.5. The zero-order valence-corrected chi connectivity index (χ0v) is 9.64. The Morgan fingerprint density at radius 2 is 1.69 bits per heavy atom. The Bertz CT molecular complexity index is 474. The van der Waals surface area contributed by atoms with Crippen LogP contribution in [0.3, 0.4) is 0 Å². The van der Waals surface area contributed by atoms with E-state index in [1.807, 2.05) is 37.3 Å². The lowest BCUT2D eigenvalue weighted by Crippen LogP contribution is -1.96. The molecule has 0 radical (unpaired) electrons. The van der Waals surface area contributed by atoms with Gasteiger partial charge in [0.15, 0.2) is 0 Å². The number of rotatable bonds is 2. The first-order valence-electron chi connectivity index (χ1n) is 5.53. The molecular weight excluding hydrogens is 196 g/mol. The van der Waals surface area contributed by atoms with Gasteiger partial charge in [-0.25, -0.2) is 0 Å². The van der Waals surface area contributed by atoms with Crippen molar-refractivity contribution < 1.29 is 5.11 Å². The summed E-state index contributed by atoms with van der Waals surface area (Å²) in [7, 11) is 0. The van der Waals surface area contributed by atoms with Gasteiger partial charge in [-0.1, -0.05) is 55.0 Å². The average Bonchev–Trinajstić information content (AvgIpc) is 2.32. The van der Waals surface area contributed by atoms with E-state index in [-0.39, 0.29) is 5.92 Å². The molecule has 0 bridgehead atoms. The van der Waals surface area contributed by atoms with Crippen LogP contribution in [0.25, 0.3) is 0 Å². The second-order valence-corrected chi connectivity index (χ2v) is 4.19. The highest BCUT2D eigenvalue weighted by molar-refractivity contribution is 5.42. The Hall–Kier alpha value is -1.76. The summed E-state index contributed by atoms with van der Waals surface area (Å²) in [6, 6.07) is 16.0. The minimum atomic E-state index is 0.223. The molecule has 1 heteroatoms. The highest BCUT2D eigenvalue weighted by atomic mass is 16.3. The first-order chi connectivity index (χ1) is 7.68. The van der Waals surface area contributed by atoms with Crippen molar-refractivity contribution in [1.82, 2.24) is 0 Å². The van der Waals surface area contributed by atoms with Crippen molar-refractivity contribution in [2.24, 2.45) is 0 Å². The highest BCUT2D eigenvalue weighted by Crippen LogP contribution is 2.31. The maximum absolute atomic E-state index is 9.87. The van der Waals surface area contributed by atoms with Gasteiger partial charge in [0.25, 0.3) is 0 Å². The van der Waals surface area contributed by atoms with Crippen molar-refractivity contribution in [3.8, 4) is 5.75 Å². The average molecular weight is 212 g/mol. The largest absolute Gasteiger partial charge is 0.508 e. The van der Waals surface area contributed by atoms with Crippen LogP contribution in [0.4, 0.5) is 0 Å². The topological polar surface area (TPSA) is 20.2 Å². The van der Waals surface area contributed by atoms with Crippen molar-refractivity contribution in [3.05, 3.63) is 65.2 Å². The van der Waals surface area contributed by atoms with E-state index in [0.717, 1.165) is 5.56 Å². The molecule has 0 aromatic heterocycles. The van der Waals surface area contributed by atoms with Crippen molar-refractivity contribution in [2.75, 3.05) is 0 Å². The van der Waals surface area contributed by atoms with E-state index in [4.69, 9.17) is 0 Å². The lowest BCUT2D eigenvalue weighted by Gasteiger charge is -2.14. The van der Waals surface area contributed by atoms with Crippen molar-refractivity contribution in [1.29, 1.82) is 0 Å². The molecule has 1 atom stereocenters. The van der Waals surface area contributed by atoms with Crippen LogP contribution < -0.4 is 0 Å². The first kappa shape index (κ1) is 10.7. The number of hydrogen-bond donors (Lipinski definition) is 1. The van der Waals surface area contributed by atoms with Gasteiger partial charge in [-0.3, -0.25) is 0 Å². The third-order valence-corrected chi connectivity index (χ3v) is 2.95. The Labute approximate surface area is 96.4 Å². The fraction of sp³-hybridized carbons (Fsp3) is 0.200.